The van der Waals surface area contributed by atoms with Gasteiger partial charge in [0.2, 0.25) is 10.0 Å². The van der Waals surface area contributed by atoms with Gasteiger partial charge in [-0.25, -0.2) is 18.0 Å². The number of nitrogens with one attached hydrogen (secondary N) is 1. The molecule has 4 rings (SSSR count). The van der Waals surface area contributed by atoms with E-state index in [0.29, 0.717) is 17.6 Å². The molecule has 0 amide bonds. The van der Waals surface area contributed by atoms with Crippen molar-refractivity contribution >= 4 is 27.0 Å². The highest BCUT2D eigenvalue weighted by molar-refractivity contribution is 7.89. The van der Waals surface area contributed by atoms with E-state index in [2.05, 4.69) is 4.72 Å². The Morgan fingerprint density at radius 1 is 1.06 bits per heavy atom. The van der Waals surface area contributed by atoms with Crippen molar-refractivity contribution in [3.05, 3.63) is 69.1 Å². The summed E-state index contributed by atoms with van der Waals surface area (Å²) in [5.74, 6) is -0.490. The number of esters is 1. The minimum Gasteiger partial charge on any atom is -0.425 e. The Hall–Kier alpha value is -2.97. The quantitative estimate of drug-likeness (QED) is 0.333. The fourth-order valence-electron chi connectivity index (χ4n) is 4.19. The van der Waals surface area contributed by atoms with E-state index in [9.17, 15) is 18.0 Å². The zero-order valence-corrected chi connectivity index (χ0v) is 19.8. The van der Waals surface area contributed by atoms with Crippen molar-refractivity contribution < 1.29 is 22.4 Å². The van der Waals surface area contributed by atoms with Gasteiger partial charge in [0.05, 0.1) is 4.90 Å². The molecular formula is C25H27NO6S. The standard InChI is InChI=1S/C25H27NO6S/c1-4-21(26-33(29,30)17-11-9-15(2)10-12-17)25(28)31-22-14-13-19-18-7-5-6-8-20(18)24(27)32-23(19)16(22)3/h9-14,21,26H,4-8H2,1-3H3/t21-/m1/s1. The molecule has 0 saturated heterocycles. The van der Waals surface area contributed by atoms with Crippen molar-refractivity contribution in [1.82, 2.24) is 4.72 Å². The number of sulfonamides is 1. The average Bonchev–Trinajstić information content (AvgIpc) is 2.80. The molecule has 1 heterocycles. The van der Waals surface area contributed by atoms with Crippen LogP contribution in [0, 0.1) is 13.8 Å². The van der Waals surface area contributed by atoms with Gasteiger partial charge in [0.1, 0.15) is 17.4 Å². The maximum Gasteiger partial charge on any atom is 0.339 e. The van der Waals surface area contributed by atoms with Crippen molar-refractivity contribution in [1.29, 1.82) is 0 Å². The second kappa shape index (κ2) is 9.11. The SMILES string of the molecule is CC[C@@H](NS(=O)(=O)c1ccc(C)cc1)C(=O)Oc1ccc2c3c(c(=O)oc2c1C)CCCC3. The largest absolute Gasteiger partial charge is 0.425 e. The first kappa shape index (κ1) is 23.2. The Kier molecular flexibility index (Phi) is 6.41. The summed E-state index contributed by atoms with van der Waals surface area (Å²) >= 11 is 0. The molecule has 0 spiro atoms. The Bertz CT molecular complexity index is 1370. The van der Waals surface area contributed by atoms with E-state index >= 15 is 0 Å². The average molecular weight is 470 g/mol. The molecule has 0 unspecified atom stereocenters. The van der Waals surface area contributed by atoms with Crippen LogP contribution in [0.3, 0.4) is 0 Å². The molecule has 0 fully saturated rings. The Balaban J connectivity index is 1.60. The van der Waals surface area contributed by atoms with Gasteiger partial charge in [-0.3, -0.25) is 0 Å². The number of hydrogen-bond acceptors (Lipinski definition) is 6. The van der Waals surface area contributed by atoms with Crippen LogP contribution in [0.1, 0.15) is 48.4 Å². The van der Waals surface area contributed by atoms with Crippen molar-refractivity contribution in [2.45, 2.75) is 63.8 Å². The molecule has 1 atom stereocenters. The van der Waals surface area contributed by atoms with Crippen LogP contribution >= 0.6 is 0 Å². The van der Waals surface area contributed by atoms with Gasteiger partial charge < -0.3 is 9.15 Å². The smallest absolute Gasteiger partial charge is 0.339 e. The van der Waals surface area contributed by atoms with Crippen LogP contribution in [0.5, 0.6) is 5.75 Å². The number of benzene rings is 2. The molecule has 0 bridgehead atoms. The zero-order chi connectivity index (χ0) is 23.8. The van der Waals surface area contributed by atoms with Gasteiger partial charge in [-0.05, 0) is 75.8 Å². The summed E-state index contributed by atoms with van der Waals surface area (Å²) < 4.78 is 39.0. The fraction of sp³-hybridized carbons (Fsp3) is 0.360. The first-order valence-electron chi connectivity index (χ1n) is 11.1. The van der Waals surface area contributed by atoms with Crippen LogP contribution in [0.2, 0.25) is 0 Å². The van der Waals surface area contributed by atoms with Crippen LogP contribution in [-0.2, 0) is 27.7 Å². The lowest BCUT2D eigenvalue weighted by Crippen LogP contribution is -2.42. The molecule has 1 aromatic heterocycles. The molecule has 174 valence electrons. The summed E-state index contributed by atoms with van der Waals surface area (Å²) in [5, 5.41) is 0.855. The third-order valence-corrected chi connectivity index (χ3v) is 7.61. The van der Waals surface area contributed by atoms with Gasteiger partial charge in [0.25, 0.3) is 0 Å². The number of carbonyl (C=O) groups excluding carboxylic acids is 1. The minimum atomic E-state index is -3.90. The van der Waals surface area contributed by atoms with Crippen LogP contribution in [0.4, 0.5) is 0 Å². The second-order valence-corrected chi connectivity index (χ2v) is 10.1. The lowest BCUT2D eigenvalue weighted by Gasteiger charge is -2.19. The molecule has 8 heteroatoms. The fourth-order valence-corrected chi connectivity index (χ4v) is 5.45. The van der Waals surface area contributed by atoms with Crippen molar-refractivity contribution in [2.75, 3.05) is 0 Å². The van der Waals surface area contributed by atoms with Gasteiger partial charge >= 0.3 is 11.6 Å². The predicted molar refractivity (Wildman–Crippen MR) is 125 cm³/mol. The highest BCUT2D eigenvalue weighted by atomic mass is 32.2. The summed E-state index contributed by atoms with van der Waals surface area (Å²) in [6.07, 6.45) is 3.71. The normalized spacial score (nSPS) is 14.6. The highest BCUT2D eigenvalue weighted by Crippen LogP contribution is 2.32. The third kappa shape index (κ3) is 4.58. The number of ether oxygens (including phenoxy) is 1. The minimum absolute atomic E-state index is 0.0767. The molecule has 0 saturated carbocycles. The first-order chi connectivity index (χ1) is 15.7. The van der Waals surface area contributed by atoms with Gasteiger partial charge in [-0.15, -0.1) is 0 Å². The Morgan fingerprint density at radius 3 is 2.39 bits per heavy atom. The zero-order valence-electron chi connectivity index (χ0n) is 18.9. The highest BCUT2D eigenvalue weighted by Gasteiger charge is 2.27. The number of aryl methyl sites for hydroxylation is 3. The monoisotopic (exact) mass is 469 g/mol. The van der Waals surface area contributed by atoms with E-state index in [0.717, 1.165) is 41.3 Å². The summed E-state index contributed by atoms with van der Waals surface area (Å²) in [6.45, 7) is 5.28. The molecular weight excluding hydrogens is 442 g/mol. The number of carbonyl (C=O) groups is 1. The summed E-state index contributed by atoms with van der Waals surface area (Å²) in [7, 11) is -3.90. The topological polar surface area (TPSA) is 103 Å². The Morgan fingerprint density at radius 2 is 1.73 bits per heavy atom. The van der Waals surface area contributed by atoms with E-state index in [1.54, 1.807) is 38.1 Å². The predicted octanol–water partition coefficient (Wildman–Crippen LogP) is 3.95. The summed E-state index contributed by atoms with van der Waals surface area (Å²) in [5.41, 5.74) is 3.25. The van der Waals surface area contributed by atoms with E-state index in [1.165, 1.54) is 12.1 Å². The van der Waals surface area contributed by atoms with E-state index in [4.69, 9.17) is 9.15 Å². The van der Waals surface area contributed by atoms with Gasteiger partial charge in [0.15, 0.2) is 0 Å². The molecule has 33 heavy (non-hydrogen) atoms. The lowest BCUT2D eigenvalue weighted by atomic mass is 9.90. The maximum absolute atomic E-state index is 12.9. The summed E-state index contributed by atoms with van der Waals surface area (Å²) in [6, 6.07) is 8.78. The van der Waals surface area contributed by atoms with Crippen LogP contribution in [0.15, 0.2) is 50.5 Å². The van der Waals surface area contributed by atoms with Crippen LogP contribution < -0.4 is 15.1 Å². The second-order valence-electron chi connectivity index (χ2n) is 8.44. The summed E-state index contributed by atoms with van der Waals surface area (Å²) in [4.78, 5) is 25.4. The molecule has 0 radical (unpaired) electrons. The van der Waals surface area contributed by atoms with Gasteiger partial charge in [0, 0.05) is 16.5 Å². The number of hydrogen-bond donors (Lipinski definition) is 1. The van der Waals surface area contributed by atoms with E-state index < -0.39 is 22.0 Å². The van der Waals surface area contributed by atoms with E-state index in [-0.39, 0.29) is 22.7 Å². The lowest BCUT2D eigenvalue weighted by molar-refractivity contribution is -0.136. The van der Waals surface area contributed by atoms with Gasteiger partial charge in [-0.2, -0.15) is 4.72 Å². The third-order valence-electron chi connectivity index (χ3n) is 6.12. The molecule has 0 aliphatic heterocycles. The van der Waals surface area contributed by atoms with Crippen molar-refractivity contribution in [3.63, 3.8) is 0 Å². The van der Waals surface area contributed by atoms with Crippen molar-refractivity contribution in [3.8, 4) is 5.75 Å². The van der Waals surface area contributed by atoms with Gasteiger partial charge in [-0.1, -0.05) is 24.6 Å². The van der Waals surface area contributed by atoms with Crippen LogP contribution in [-0.4, -0.2) is 20.4 Å². The molecule has 1 aliphatic rings. The van der Waals surface area contributed by atoms with Crippen LogP contribution in [0.25, 0.3) is 11.0 Å². The molecule has 2 aromatic carbocycles. The maximum atomic E-state index is 12.9. The number of rotatable bonds is 6. The number of fused-ring (bicyclic) bond motifs is 3. The molecule has 1 aliphatic carbocycles. The van der Waals surface area contributed by atoms with Crippen molar-refractivity contribution in [2.24, 2.45) is 0 Å². The van der Waals surface area contributed by atoms with E-state index in [1.807, 2.05) is 6.92 Å². The molecule has 7 nitrogen and oxygen atoms in total. The molecule has 3 aromatic rings. The Labute approximate surface area is 192 Å². The molecule has 1 N–H and O–H groups in total. The first-order valence-corrected chi connectivity index (χ1v) is 12.6.